The number of amides is 1. The summed E-state index contributed by atoms with van der Waals surface area (Å²) >= 11 is 0. The van der Waals surface area contributed by atoms with E-state index in [4.69, 9.17) is 9.47 Å². The van der Waals surface area contributed by atoms with E-state index in [0.29, 0.717) is 36.2 Å². The average molecular weight is 492 g/mol. The molecular weight excluding hydrogens is 460 g/mol. The Morgan fingerprint density at radius 3 is 2.50 bits per heavy atom. The molecule has 1 aliphatic carbocycles. The van der Waals surface area contributed by atoms with Gasteiger partial charge in [0.05, 0.1) is 6.10 Å². The van der Waals surface area contributed by atoms with Crippen LogP contribution in [0.3, 0.4) is 0 Å². The SMILES string of the molecule is CC(Oc1cccc(F)c1)C1CCC(CN2Cc3cc(F)c(OCc4ccccc4)cc3C2=O)CC1. The molecule has 0 spiro atoms. The highest BCUT2D eigenvalue weighted by atomic mass is 19.1. The van der Waals surface area contributed by atoms with Crippen LogP contribution in [0.15, 0.2) is 66.7 Å². The van der Waals surface area contributed by atoms with E-state index in [2.05, 4.69) is 0 Å². The topological polar surface area (TPSA) is 38.8 Å². The molecule has 0 N–H and O–H groups in total. The Morgan fingerprint density at radius 1 is 0.972 bits per heavy atom. The Hall–Kier alpha value is -3.41. The molecule has 3 aromatic carbocycles. The van der Waals surface area contributed by atoms with E-state index in [1.54, 1.807) is 18.2 Å². The molecular formula is C30H31F2NO3. The highest BCUT2D eigenvalue weighted by Gasteiger charge is 2.33. The van der Waals surface area contributed by atoms with E-state index in [0.717, 1.165) is 36.8 Å². The first-order valence-electron chi connectivity index (χ1n) is 12.7. The molecule has 0 saturated heterocycles. The molecule has 1 saturated carbocycles. The Balaban J connectivity index is 1.14. The summed E-state index contributed by atoms with van der Waals surface area (Å²) in [6.45, 7) is 3.39. The second-order valence-corrected chi connectivity index (χ2v) is 9.96. The van der Waals surface area contributed by atoms with Crippen molar-refractivity contribution in [1.29, 1.82) is 0 Å². The van der Waals surface area contributed by atoms with Gasteiger partial charge in [-0.15, -0.1) is 0 Å². The van der Waals surface area contributed by atoms with Crippen molar-refractivity contribution in [3.63, 3.8) is 0 Å². The third kappa shape index (κ3) is 5.53. The van der Waals surface area contributed by atoms with Gasteiger partial charge in [0.1, 0.15) is 18.2 Å². The van der Waals surface area contributed by atoms with Crippen LogP contribution in [0, 0.1) is 23.5 Å². The Morgan fingerprint density at radius 2 is 1.75 bits per heavy atom. The highest BCUT2D eigenvalue weighted by Crippen LogP contribution is 2.35. The molecule has 1 atom stereocenters. The minimum atomic E-state index is -0.438. The molecule has 0 aromatic heterocycles. The Bertz CT molecular complexity index is 1210. The maximum Gasteiger partial charge on any atom is 0.254 e. The van der Waals surface area contributed by atoms with Gasteiger partial charge in [-0.3, -0.25) is 4.79 Å². The van der Waals surface area contributed by atoms with Crippen LogP contribution in [0.25, 0.3) is 0 Å². The van der Waals surface area contributed by atoms with Gasteiger partial charge in [0.15, 0.2) is 11.6 Å². The lowest BCUT2D eigenvalue weighted by Gasteiger charge is -2.34. The van der Waals surface area contributed by atoms with Gasteiger partial charge in [-0.25, -0.2) is 8.78 Å². The zero-order valence-electron chi connectivity index (χ0n) is 20.5. The molecule has 0 bridgehead atoms. The molecule has 3 aromatic rings. The molecule has 1 aliphatic heterocycles. The first kappa shape index (κ1) is 24.3. The summed E-state index contributed by atoms with van der Waals surface area (Å²) in [7, 11) is 0. The number of rotatable bonds is 8. The molecule has 2 aliphatic rings. The van der Waals surface area contributed by atoms with Crippen molar-refractivity contribution in [2.24, 2.45) is 11.8 Å². The number of halogens is 2. The molecule has 5 rings (SSSR count). The van der Waals surface area contributed by atoms with Gasteiger partial charge < -0.3 is 14.4 Å². The number of fused-ring (bicyclic) bond motifs is 1. The molecule has 1 fully saturated rings. The van der Waals surface area contributed by atoms with Gasteiger partial charge in [-0.05, 0) is 79.8 Å². The summed E-state index contributed by atoms with van der Waals surface area (Å²) < 4.78 is 39.8. The van der Waals surface area contributed by atoms with Crippen LogP contribution < -0.4 is 9.47 Å². The lowest BCUT2D eigenvalue weighted by Crippen LogP contribution is -2.34. The van der Waals surface area contributed by atoms with Gasteiger partial charge in [-0.1, -0.05) is 36.4 Å². The third-order valence-corrected chi connectivity index (χ3v) is 7.43. The summed E-state index contributed by atoms with van der Waals surface area (Å²) in [6, 6.07) is 18.8. The zero-order valence-corrected chi connectivity index (χ0v) is 20.5. The molecule has 1 unspecified atom stereocenters. The monoisotopic (exact) mass is 491 g/mol. The fourth-order valence-corrected chi connectivity index (χ4v) is 5.37. The average Bonchev–Trinajstić information content (AvgIpc) is 3.17. The fraction of sp³-hybridized carbons (Fsp3) is 0.367. The molecule has 1 heterocycles. The van der Waals surface area contributed by atoms with Crippen molar-refractivity contribution in [3.05, 3.63) is 95.1 Å². The van der Waals surface area contributed by atoms with Crippen LogP contribution in [-0.4, -0.2) is 23.5 Å². The number of hydrogen-bond acceptors (Lipinski definition) is 3. The number of carbonyl (C=O) groups excluding carboxylic acids is 1. The van der Waals surface area contributed by atoms with Crippen molar-refractivity contribution in [3.8, 4) is 11.5 Å². The van der Waals surface area contributed by atoms with Crippen LogP contribution >= 0.6 is 0 Å². The van der Waals surface area contributed by atoms with Gasteiger partial charge in [0, 0.05) is 24.7 Å². The van der Waals surface area contributed by atoms with Crippen molar-refractivity contribution in [1.82, 2.24) is 4.90 Å². The van der Waals surface area contributed by atoms with Crippen molar-refractivity contribution in [2.45, 2.75) is 51.9 Å². The quantitative estimate of drug-likeness (QED) is 0.349. The minimum Gasteiger partial charge on any atom is -0.490 e. The second kappa shape index (κ2) is 10.7. The number of benzene rings is 3. The zero-order chi connectivity index (χ0) is 25.1. The normalized spacial score (nSPS) is 20.2. The lowest BCUT2D eigenvalue weighted by atomic mass is 9.79. The van der Waals surface area contributed by atoms with E-state index in [1.165, 1.54) is 18.2 Å². The van der Waals surface area contributed by atoms with Crippen LogP contribution in [0.2, 0.25) is 0 Å². The first-order chi connectivity index (χ1) is 17.5. The summed E-state index contributed by atoms with van der Waals surface area (Å²) in [5.74, 6) is 0.681. The van der Waals surface area contributed by atoms with Crippen molar-refractivity contribution >= 4 is 5.91 Å². The van der Waals surface area contributed by atoms with Gasteiger partial charge >= 0.3 is 0 Å². The molecule has 36 heavy (non-hydrogen) atoms. The fourth-order valence-electron chi connectivity index (χ4n) is 5.37. The second-order valence-electron chi connectivity index (χ2n) is 9.96. The Labute approximate surface area is 210 Å². The van der Waals surface area contributed by atoms with Crippen LogP contribution in [0.5, 0.6) is 11.5 Å². The highest BCUT2D eigenvalue weighted by molar-refractivity contribution is 5.98. The smallest absolute Gasteiger partial charge is 0.254 e. The largest absolute Gasteiger partial charge is 0.490 e. The summed E-state index contributed by atoms with van der Waals surface area (Å²) in [5, 5.41) is 0. The van der Waals surface area contributed by atoms with Crippen LogP contribution in [0.4, 0.5) is 8.78 Å². The van der Waals surface area contributed by atoms with Gasteiger partial charge in [-0.2, -0.15) is 0 Å². The molecule has 1 amide bonds. The van der Waals surface area contributed by atoms with Crippen LogP contribution in [-0.2, 0) is 13.2 Å². The molecule has 188 valence electrons. The maximum absolute atomic E-state index is 14.7. The third-order valence-electron chi connectivity index (χ3n) is 7.43. The van der Waals surface area contributed by atoms with Crippen molar-refractivity contribution in [2.75, 3.05) is 6.54 Å². The summed E-state index contributed by atoms with van der Waals surface area (Å²) in [5.41, 5.74) is 2.19. The molecule has 4 nitrogen and oxygen atoms in total. The van der Waals surface area contributed by atoms with Gasteiger partial charge in [0.25, 0.3) is 5.91 Å². The molecule has 0 radical (unpaired) electrons. The van der Waals surface area contributed by atoms with E-state index < -0.39 is 5.82 Å². The van der Waals surface area contributed by atoms with E-state index in [9.17, 15) is 13.6 Å². The van der Waals surface area contributed by atoms with Gasteiger partial charge in [0.2, 0.25) is 0 Å². The predicted molar refractivity (Wildman–Crippen MR) is 134 cm³/mol. The number of nitrogens with zero attached hydrogens (tertiary/aromatic N) is 1. The van der Waals surface area contributed by atoms with E-state index >= 15 is 0 Å². The van der Waals surface area contributed by atoms with Crippen molar-refractivity contribution < 1.29 is 23.0 Å². The van der Waals surface area contributed by atoms with Crippen LogP contribution in [0.1, 0.15) is 54.1 Å². The van der Waals surface area contributed by atoms with E-state index in [1.807, 2.05) is 42.2 Å². The number of hydrogen-bond donors (Lipinski definition) is 0. The minimum absolute atomic E-state index is 0.00251. The summed E-state index contributed by atoms with van der Waals surface area (Å²) in [4.78, 5) is 14.9. The number of carbonyl (C=O) groups is 1. The standard InChI is InChI=1S/C30H31F2NO3/c1-20(36-26-9-5-8-25(31)15-26)23-12-10-21(11-13-23)17-33-18-24-14-28(32)29(16-27(24)30(33)34)35-19-22-6-3-2-4-7-22/h2-9,14-16,20-21,23H,10-13,17-19H2,1H3. The Kier molecular flexibility index (Phi) is 7.21. The lowest BCUT2D eigenvalue weighted by molar-refractivity contribution is 0.0685. The molecule has 6 heteroatoms. The maximum atomic E-state index is 14.7. The first-order valence-corrected chi connectivity index (χ1v) is 12.7. The summed E-state index contributed by atoms with van der Waals surface area (Å²) in [6.07, 6.45) is 4.01. The van der Waals surface area contributed by atoms with E-state index in [-0.39, 0.29) is 30.2 Å². The number of ether oxygens (including phenoxy) is 2. The predicted octanol–water partition coefficient (Wildman–Crippen LogP) is 6.77.